The van der Waals surface area contributed by atoms with Crippen LogP contribution in [0.2, 0.25) is 0 Å². The van der Waals surface area contributed by atoms with Crippen molar-refractivity contribution >= 4 is 26.7 Å². The third kappa shape index (κ3) is 3.66. The molecule has 0 saturated carbocycles. The molecule has 0 spiro atoms. The highest BCUT2D eigenvalue weighted by atomic mass is 32.2. The summed E-state index contributed by atoms with van der Waals surface area (Å²) in [6, 6.07) is 21.2. The van der Waals surface area contributed by atoms with E-state index in [1.165, 1.54) is 18.2 Å². The molecule has 0 heterocycles. The van der Waals surface area contributed by atoms with Crippen LogP contribution < -0.4 is 0 Å². The first-order valence-electron chi connectivity index (χ1n) is 7.17. The van der Waals surface area contributed by atoms with E-state index in [1.54, 1.807) is 24.3 Å². The Bertz CT molecular complexity index is 961. The molecule has 23 heavy (non-hydrogen) atoms. The van der Waals surface area contributed by atoms with E-state index < -0.39 is 21.4 Å². The smallest absolute Gasteiger partial charge is 0.184 e. The van der Waals surface area contributed by atoms with Crippen molar-refractivity contribution in [3.63, 3.8) is 0 Å². The Kier molecular flexibility index (Phi) is 4.26. The molecule has 2 nitrogen and oxygen atoms in total. The second-order valence-electron chi connectivity index (χ2n) is 5.27. The lowest BCUT2D eigenvalue weighted by atomic mass is 10.1. The van der Waals surface area contributed by atoms with Gasteiger partial charge in [0.15, 0.2) is 9.84 Å². The van der Waals surface area contributed by atoms with Crippen molar-refractivity contribution in [3.8, 4) is 0 Å². The SMILES string of the molecule is O=S(=O)(C/C(F)=C/c1ccc2ccccc2c1)c1ccccc1. The van der Waals surface area contributed by atoms with E-state index in [1.807, 2.05) is 36.4 Å². The van der Waals surface area contributed by atoms with E-state index >= 15 is 0 Å². The number of halogens is 1. The number of benzene rings is 3. The van der Waals surface area contributed by atoms with E-state index in [2.05, 4.69) is 0 Å². The zero-order valence-corrected chi connectivity index (χ0v) is 13.1. The predicted molar refractivity (Wildman–Crippen MR) is 91.5 cm³/mol. The Morgan fingerprint density at radius 3 is 2.26 bits per heavy atom. The Labute approximate surface area is 134 Å². The van der Waals surface area contributed by atoms with Gasteiger partial charge in [0.25, 0.3) is 0 Å². The van der Waals surface area contributed by atoms with Crippen LogP contribution >= 0.6 is 0 Å². The minimum absolute atomic E-state index is 0.127. The van der Waals surface area contributed by atoms with Crippen LogP contribution in [0.4, 0.5) is 4.39 Å². The first-order valence-corrected chi connectivity index (χ1v) is 8.82. The number of hydrogen-bond acceptors (Lipinski definition) is 2. The topological polar surface area (TPSA) is 34.1 Å². The number of hydrogen-bond donors (Lipinski definition) is 0. The second kappa shape index (κ2) is 6.34. The van der Waals surface area contributed by atoms with Crippen LogP contribution in [0.5, 0.6) is 0 Å². The van der Waals surface area contributed by atoms with Crippen LogP contribution in [0.3, 0.4) is 0 Å². The van der Waals surface area contributed by atoms with Crippen molar-refractivity contribution in [2.45, 2.75) is 4.90 Å². The summed E-state index contributed by atoms with van der Waals surface area (Å²) >= 11 is 0. The molecule has 0 N–H and O–H groups in total. The van der Waals surface area contributed by atoms with Gasteiger partial charge in [0.1, 0.15) is 11.6 Å². The van der Waals surface area contributed by atoms with Crippen LogP contribution in [0, 0.1) is 0 Å². The van der Waals surface area contributed by atoms with E-state index in [0.29, 0.717) is 5.56 Å². The molecule has 0 aliphatic heterocycles. The van der Waals surface area contributed by atoms with Gasteiger partial charge in [-0.15, -0.1) is 0 Å². The summed E-state index contributed by atoms with van der Waals surface area (Å²) in [4.78, 5) is 0.127. The minimum Gasteiger partial charge on any atom is -0.223 e. The normalized spacial score (nSPS) is 12.5. The fourth-order valence-electron chi connectivity index (χ4n) is 2.41. The molecule has 0 aliphatic carbocycles. The van der Waals surface area contributed by atoms with Gasteiger partial charge < -0.3 is 0 Å². The molecule has 3 rings (SSSR count). The van der Waals surface area contributed by atoms with Gasteiger partial charge in [0, 0.05) is 0 Å². The standard InChI is InChI=1S/C19H15FO2S/c20-18(14-23(21,22)19-8-2-1-3-9-19)13-15-10-11-16-6-4-5-7-17(16)12-15/h1-13H,14H2/b18-13-. The van der Waals surface area contributed by atoms with E-state index in [9.17, 15) is 12.8 Å². The molecule has 0 unspecified atom stereocenters. The summed E-state index contributed by atoms with van der Waals surface area (Å²) in [6.45, 7) is 0. The molecule has 3 aromatic carbocycles. The third-order valence-corrected chi connectivity index (χ3v) is 5.17. The molecule has 4 heteroatoms. The van der Waals surface area contributed by atoms with Gasteiger partial charge in [-0.05, 0) is 40.6 Å². The molecule has 0 fully saturated rings. The average Bonchev–Trinajstić information content (AvgIpc) is 2.55. The maximum Gasteiger partial charge on any atom is 0.184 e. The third-order valence-electron chi connectivity index (χ3n) is 3.53. The Balaban J connectivity index is 1.87. The summed E-state index contributed by atoms with van der Waals surface area (Å²) in [6.07, 6.45) is 1.27. The van der Waals surface area contributed by atoms with Gasteiger partial charge in [-0.3, -0.25) is 0 Å². The number of sulfone groups is 1. The summed E-state index contributed by atoms with van der Waals surface area (Å²) in [5.74, 6) is -1.31. The van der Waals surface area contributed by atoms with Crippen LogP contribution in [0.1, 0.15) is 5.56 Å². The maximum atomic E-state index is 14.2. The molecule has 0 saturated heterocycles. The summed E-state index contributed by atoms with van der Waals surface area (Å²) in [5, 5.41) is 2.04. The van der Waals surface area contributed by atoms with Gasteiger partial charge in [-0.25, -0.2) is 12.8 Å². The molecule has 0 amide bonds. The first kappa shape index (κ1) is 15.4. The zero-order chi connectivity index (χ0) is 16.3. The average molecular weight is 326 g/mol. The second-order valence-corrected chi connectivity index (χ2v) is 7.26. The minimum atomic E-state index is -3.67. The molecule has 0 atom stereocenters. The molecule has 3 aromatic rings. The highest BCUT2D eigenvalue weighted by molar-refractivity contribution is 7.91. The van der Waals surface area contributed by atoms with E-state index in [-0.39, 0.29) is 4.90 Å². The summed E-state index contributed by atoms with van der Waals surface area (Å²) < 4.78 is 38.5. The van der Waals surface area contributed by atoms with Crippen LogP contribution in [0.15, 0.2) is 83.5 Å². The van der Waals surface area contributed by atoms with Gasteiger partial charge in [0.05, 0.1) is 4.90 Å². The summed E-state index contributed by atoms with van der Waals surface area (Å²) in [7, 11) is -3.67. The molecule has 116 valence electrons. The lowest BCUT2D eigenvalue weighted by Crippen LogP contribution is -2.07. The van der Waals surface area contributed by atoms with Crippen LogP contribution in [0.25, 0.3) is 16.8 Å². The highest BCUT2D eigenvalue weighted by Crippen LogP contribution is 2.20. The van der Waals surface area contributed by atoms with Crippen molar-refractivity contribution in [1.29, 1.82) is 0 Å². The lowest BCUT2D eigenvalue weighted by Gasteiger charge is -2.03. The monoisotopic (exact) mass is 326 g/mol. The molecule has 0 aromatic heterocycles. The van der Waals surface area contributed by atoms with Gasteiger partial charge in [-0.2, -0.15) is 0 Å². The van der Waals surface area contributed by atoms with Crippen molar-refractivity contribution in [1.82, 2.24) is 0 Å². The van der Waals surface area contributed by atoms with Crippen molar-refractivity contribution in [2.75, 3.05) is 5.75 Å². The highest BCUT2D eigenvalue weighted by Gasteiger charge is 2.16. The van der Waals surface area contributed by atoms with E-state index in [0.717, 1.165) is 10.8 Å². The first-order chi connectivity index (χ1) is 11.0. The van der Waals surface area contributed by atoms with Crippen LogP contribution in [-0.2, 0) is 9.84 Å². The van der Waals surface area contributed by atoms with Gasteiger partial charge in [-0.1, -0.05) is 54.6 Å². The van der Waals surface area contributed by atoms with Crippen LogP contribution in [-0.4, -0.2) is 14.2 Å². The number of fused-ring (bicyclic) bond motifs is 1. The maximum absolute atomic E-state index is 14.2. The Hall–Kier alpha value is -2.46. The molecular weight excluding hydrogens is 311 g/mol. The number of rotatable bonds is 4. The Morgan fingerprint density at radius 2 is 1.52 bits per heavy atom. The van der Waals surface area contributed by atoms with Crippen molar-refractivity contribution < 1.29 is 12.8 Å². The fourth-order valence-corrected chi connectivity index (χ4v) is 3.60. The van der Waals surface area contributed by atoms with Crippen molar-refractivity contribution in [2.24, 2.45) is 0 Å². The Morgan fingerprint density at radius 1 is 0.870 bits per heavy atom. The van der Waals surface area contributed by atoms with E-state index in [4.69, 9.17) is 0 Å². The lowest BCUT2D eigenvalue weighted by molar-refractivity contribution is 0.585. The zero-order valence-electron chi connectivity index (χ0n) is 12.3. The van der Waals surface area contributed by atoms with Crippen molar-refractivity contribution in [3.05, 3.63) is 84.2 Å². The van der Waals surface area contributed by atoms with Gasteiger partial charge >= 0.3 is 0 Å². The van der Waals surface area contributed by atoms with Gasteiger partial charge in [0.2, 0.25) is 0 Å². The molecule has 0 aliphatic rings. The molecular formula is C19H15FO2S. The predicted octanol–water partition coefficient (Wildman–Crippen LogP) is 4.62. The largest absolute Gasteiger partial charge is 0.223 e. The molecule has 0 radical (unpaired) electrons. The quantitative estimate of drug-likeness (QED) is 0.701. The summed E-state index contributed by atoms with van der Waals surface area (Å²) in [5.41, 5.74) is 0.643. The molecule has 0 bridgehead atoms. The fraction of sp³-hybridized carbons (Fsp3) is 0.0526.